The molecule has 1 aliphatic rings. The highest BCUT2D eigenvalue weighted by molar-refractivity contribution is 5.94. The Labute approximate surface area is 105 Å². The molecule has 3 rings (SSSR count). The Morgan fingerprint density at radius 1 is 1.33 bits per heavy atom. The quantitative estimate of drug-likeness (QED) is 0.754. The fraction of sp³-hybridized carbons (Fsp3) is 0.231. The number of aromatic amines is 1. The summed E-state index contributed by atoms with van der Waals surface area (Å²) in [4.78, 5) is 18.7. The topological polar surface area (TPSA) is 69.8 Å². The highest BCUT2D eigenvalue weighted by Crippen LogP contribution is 2.28. The lowest BCUT2D eigenvalue weighted by Crippen LogP contribution is -2.18. The van der Waals surface area contributed by atoms with Crippen molar-refractivity contribution in [1.29, 1.82) is 0 Å². The number of aryl methyl sites for hydroxylation is 1. The van der Waals surface area contributed by atoms with E-state index < -0.39 is 0 Å². The lowest BCUT2D eigenvalue weighted by molar-refractivity contribution is -0.116. The largest absolute Gasteiger partial charge is 0.359 e. The molecule has 2 heterocycles. The van der Waals surface area contributed by atoms with Crippen molar-refractivity contribution in [3.63, 3.8) is 0 Å². The van der Waals surface area contributed by atoms with Gasteiger partial charge >= 0.3 is 0 Å². The monoisotopic (exact) mass is 242 g/mol. The Bertz CT molecular complexity index is 603. The third-order valence-electron chi connectivity index (χ3n) is 3.12. The smallest absolute Gasteiger partial charge is 0.224 e. The van der Waals surface area contributed by atoms with Crippen molar-refractivity contribution in [2.24, 2.45) is 0 Å². The van der Waals surface area contributed by atoms with Gasteiger partial charge in [-0.05, 0) is 24.1 Å². The number of hydrogen-bond acceptors (Lipinski definition) is 3. The van der Waals surface area contributed by atoms with Gasteiger partial charge in [-0.1, -0.05) is 6.07 Å². The molecule has 0 spiro atoms. The van der Waals surface area contributed by atoms with Gasteiger partial charge in [-0.2, -0.15) is 0 Å². The van der Waals surface area contributed by atoms with Crippen LogP contribution in [-0.4, -0.2) is 22.9 Å². The van der Waals surface area contributed by atoms with Crippen LogP contribution in [0.5, 0.6) is 0 Å². The van der Waals surface area contributed by atoms with E-state index >= 15 is 0 Å². The molecule has 1 aliphatic heterocycles. The van der Waals surface area contributed by atoms with Crippen LogP contribution in [0.4, 0.5) is 11.6 Å². The minimum Gasteiger partial charge on any atom is -0.359 e. The second kappa shape index (κ2) is 4.18. The van der Waals surface area contributed by atoms with E-state index in [0.717, 1.165) is 29.3 Å². The number of fused-ring (bicyclic) bond motifs is 1. The summed E-state index contributed by atoms with van der Waals surface area (Å²) in [7, 11) is 1.82. The molecule has 0 saturated carbocycles. The van der Waals surface area contributed by atoms with E-state index in [-0.39, 0.29) is 5.91 Å². The van der Waals surface area contributed by atoms with Crippen LogP contribution >= 0.6 is 0 Å². The van der Waals surface area contributed by atoms with E-state index in [1.54, 1.807) is 6.20 Å². The number of anilines is 2. The zero-order valence-electron chi connectivity index (χ0n) is 10.1. The number of carbonyl (C=O) groups excluding carboxylic acids is 1. The first-order chi connectivity index (χ1) is 8.76. The summed E-state index contributed by atoms with van der Waals surface area (Å²) in [5.41, 5.74) is 4.15. The Kier molecular flexibility index (Phi) is 2.51. The van der Waals surface area contributed by atoms with Crippen molar-refractivity contribution in [3.8, 4) is 11.3 Å². The van der Waals surface area contributed by atoms with Gasteiger partial charge in [0.25, 0.3) is 0 Å². The van der Waals surface area contributed by atoms with Crippen LogP contribution in [0.25, 0.3) is 11.3 Å². The minimum absolute atomic E-state index is 0.0919. The number of rotatable bonds is 2. The molecule has 0 fully saturated rings. The molecule has 0 radical (unpaired) electrons. The van der Waals surface area contributed by atoms with Crippen LogP contribution in [0, 0.1) is 0 Å². The molecule has 2 aromatic rings. The summed E-state index contributed by atoms with van der Waals surface area (Å²) >= 11 is 0. The van der Waals surface area contributed by atoms with E-state index in [9.17, 15) is 4.79 Å². The number of benzene rings is 1. The number of hydrogen-bond donors (Lipinski definition) is 3. The second-order valence-electron chi connectivity index (χ2n) is 4.32. The third kappa shape index (κ3) is 1.84. The van der Waals surface area contributed by atoms with E-state index in [1.807, 2.05) is 19.2 Å². The molecule has 0 aliphatic carbocycles. The lowest BCUT2D eigenvalue weighted by Gasteiger charge is -2.17. The van der Waals surface area contributed by atoms with Crippen molar-refractivity contribution in [2.75, 3.05) is 17.7 Å². The summed E-state index contributed by atoms with van der Waals surface area (Å²) in [5, 5.41) is 5.84. The van der Waals surface area contributed by atoms with Gasteiger partial charge in [-0.25, -0.2) is 4.98 Å². The molecule has 0 atom stereocenters. The van der Waals surface area contributed by atoms with Crippen LogP contribution in [0.1, 0.15) is 12.0 Å². The number of carbonyl (C=O) groups is 1. The Balaban J connectivity index is 1.97. The molecule has 0 bridgehead atoms. The number of H-pyrrole nitrogens is 1. The van der Waals surface area contributed by atoms with Crippen molar-refractivity contribution in [2.45, 2.75) is 12.8 Å². The van der Waals surface area contributed by atoms with Gasteiger partial charge in [-0.3, -0.25) is 4.79 Å². The molecule has 0 unspecified atom stereocenters. The van der Waals surface area contributed by atoms with Crippen LogP contribution < -0.4 is 10.6 Å². The first kappa shape index (κ1) is 10.8. The molecule has 3 N–H and O–H groups in total. The maximum atomic E-state index is 11.3. The Hall–Kier alpha value is -2.30. The van der Waals surface area contributed by atoms with Crippen molar-refractivity contribution in [1.82, 2.24) is 9.97 Å². The molecular weight excluding hydrogens is 228 g/mol. The summed E-state index contributed by atoms with van der Waals surface area (Å²) in [5.74, 6) is 0.838. The van der Waals surface area contributed by atoms with Gasteiger partial charge in [0, 0.05) is 24.7 Å². The van der Waals surface area contributed by atoms with Crippen LogP contribution in [-0.2, 0) is 11.2 Å². The van der Waals surface area contributed by atoms with E-state index in [4.69, 9.17) is 0 Å². The molecule has 1 aromatic carbocycles. The number of aromatic nitrogens is 2. The summed E-state index contributed by atoms with van der Waals surface area (Å²) in [6.07, 6.45) is 3.15. The Morgan fingerprint density at radius 3 is 3.00 bits per heavy atom. The standard InChI is InChI=1S/C13H14N4O/c1-14-13-15-7-11(17-13)9-2-4-10-8(6-9)3-5-12(18)16-10/h2,4,6-7H,3,5H2,1H3,(H,16,18)(H2,14,15,17). The molecule has 18 heavy (non-hydrogen) atoms. The molecule has 5 heteroatoms. The number of nitrogens with zero attached hydrogens (tertiary/aromatic N) is 1. The predicted molar refractivity (Wildman–Crippen MR) is 70.5 cm³/mol. The van der Waals surface area contributed by atoms with Crippen molar-refractivity contribution in [3.05, 3.63) is 30.0 Å². The average Bonchev–Trinajstić information content (AvgIpc) is 2.87. The van der Waals surface area contributed by atoms with E-state index in [1.165, 1.54) is 5.56 Å². The number of amides is 1. The fourth-order valence-corrected chi connectivity index (χ4v) is 2.15. The van der Waals surface area contributed by atoms with Gasteiger partial charge in [0.1, 0.15) is 0 Å². The molecule has 5 nitrogen and oxygen atoms in total. The van der Waals surface area contributed by atoms with E-state index in [2.05, 4.69) is 26.7 Å². The predicted octanol–water partition coefficient (Wildman–Crippen LogP) is 2.00. The summed E-state index contributed by atoms with van der Waals surface area (Å²) in [6.45, 7) is 0. The first-order valence-corrected chi connectivity index (χ1v) is 5.92. The van der Waals surface area contributed by atoms with Gasteiger partial charge < -0.3 is 15.6 Å². The molecule has 1 amide bonds. The molecular formula is C13H14N4O. The normalized spacial score (nSPS) is 13.9. The van der Waals surface area contributed by atoms with Gasteiger partial charge in [0.15, 0.2) is 5.95 Å². The summed E-state index contributed by atoms with van der Waals surface area (Å²) in [6, 6.07) is 6.03. The molecule has 1 aromatic heterocycles. The maximum Gasteiger partial charge on any atom is 0.224 e. The highest BCUT2D eigenvalue weighted by atomic mass is 16.1. The lowest BCUT2D eigenvalue weighted by atomic mass is 9.99. The fourth-order valence-electron chi connectivity index (χ4n) is 2.15. The average molecular weight is 242 g/mol. The maximum absolute atomic E-state index is 11.3. The summed E-state index contributed by atoms with van der Waals surface area (Å²) < 4.78 is 0. The van der Waals surface area contributed by atoms with Crippen LogP contribution in [0.2, 0.25) is 0 Å². The first-order valence-electron chi connectivity index (χ1n) is 5.92. The Morgan fingerprint density at radius 2 is 2.22 bits per heavy atom. The van der Waals surface area contributed by atoms with Crippen molar-refractivity contribution < 1.29 is 4.79 Å². The highest BCUT2D eigenvalue weighted by Gasteiger charge is 2.15. The van der Waals surface area contributed by atoms with Gasteiger partial charge in [0.05, 0.1) is 11.9 Å². The second-order valence-corrected chi connectivity index (χ2v) is 4.32. The van der Waals surface area contributed by atoms with Crippen LogP contribution in [0.15, 0.2) is 24.4 Å². The number of nitrogens with one attached hydrogen (secondary N) is 3. The number of imidazole rings is 1. The zero-order chi connectivity index (χ0) is 12.5. The van der Waals surface area contributed by atoms with Gasteiger partial charge in [-0.15, -0.1) is 0 Å². The van der Waals surface area contributed by atoms with Crippen LogP contribution in [0.3, 0.4) is 0 Å². The zero-order valence-corrected chi connectivity index (χ0v) is 10.1. The third-order valence-corrected chi connectivity index (χ3v) is 3.12. The minimum atomic E-state index is 0.0919. The molecule has 92 valence electrons. The SMILES string of the molecule is CNc1ncc(-c2ccc3c(c2)CCC(=O)N3)[nH]1. The molecule has 0 saturated heterocycles. The van der Waals surface area contributed by atoms with Crippen molar-refractivity contribution >= 4 is 17.5 Å². The van der Waals surface area contributed by atoms with E-state index in [0.29, 0.717) is 6.42 Å². The van der Waals surface area contributed by atoms with Gasteiger partial charge in [0.2, 0.25) is 5.91 Å².